The molecular formula is C15H22BrNO. The predicted molar refractivity (Wildman–Crippen MR) is 80.8 cm³/mol. The van der Waals surface area contributed by atoms with Crippen molar-refractivity contribution in [2.45, 2.75) is 46.5 Å². The van der Waals surface area contributed by atoms with Crippen molar-refractivity contribution in [2.75, 3.05) is 5.32 Å². The summed E-state index contributed by atoms with van der Waals surface area (Å²) in [4.78, 5) is 12.1. The van der Waals surface area contributed by atoms with Crippen molar-refractivity contribution in [3.8, 4) is 0 Å². The summed E-state index contributed by atoms with van der Waals surface area (Å²) < 4.78 is 1.07. The summed E-state index contributed by atoms with van der Waals surface area (Å²) in [5, 5.41) is 3.01. The van der Waals surface area contributed by atoms with Crippen molar-refractivity contribution < 1.29 is 4.79 Å². The average molecular weight is 312 g/mol. The van der Waals surface area contributed by atoms with Gasteiger partial charge in [0.1, 0.15) is 0 Å². The van der Waals surface area contributed by atoms with Gasteiger partial charge in [0.05, 0.1) is 0 Å². The van der Waals surface area contributed by atoms with E-state index in [2.05, 4.69) is 35.1 Å². The summed E-state index contributed by atoms with van der Waals surface area (Å²) in [5.41, 5.74) is 2.02. The lowest BCUT2D eigenvalue weighted by Crippen LogP contribution is -2.22. The van der Waals surface area contributed by atoms with Crippen molar-refractivity contribution in [3.63, 3.8) is 0 Å². The summed E-state index contributed by atoms with van der Waals surface area (Å²) in [7, 11) is 0. The van der Waals surface area contributed by atoms with Gasteiger partial charge in [-0.15, -0.1) is 0 Å². The molecule has 1 amide bonds. The number of amides is 1. The monoisotopic (exact) mass is 311 g/mol. The summed E-state index contributed by atoms with van der Waals surface area (Å²) in [5.74, 6) is 0.279. The average Bonchev–Trinajstić information content (AvgIpc) is 2.35. The third kappa shape index (κ3) is 4.45. The number of hydrogen-bond donors (Lipinski definition) is 1. The third-order valence-corrected chi connectivity index (χ3v) is 4.08. The van der Waals surface area contributed by atoms with E-state index < -0.39 is 0 Å². The van der Waals surface area contributed by atoms with Gasteiger partial charge in [-0.3, -0.25) is 4.79 Å². The first kappa shape index (κ1) is 15.2. The molecule has 1 unspecified atom stereocenters. The molecule has 0 aromatic heterocycles. The Bertz CT molecular complexity index is 403. The highest BCUT2D eigenvalue weighted by Gasteiger charge is 2.15. The molecule has 18 heavy (non-hydrogen) atoms. The van der Waals surface area contributed by atoms with Gasteiger partial charge in [0.15, 0.2) is 0 Å². The molecular weight excluding hydrogens is 290 g/mol. The third-order valence-electron chi connectivity index (χ3n) is 3.20. The Kier molecular flexibility index (Phi) is 6.41. The number of halogens is 1. The molecule has 0 spiro atoms. The fourth-order valence-corrected chi connectivity index (χ4v) is 2.18. The van der Waals surface area contributed by atoms with E-state index in [1.165, 1.54) is 0 Å². The Labute approximate surface area is 118 Å². The van der Waals surface area contributed by atoms with Crippen molar-refractivity contribution >= 4 is 27.5 Å². The van der Waals surface area contributed by atoms with Crippen LogP contribution in [0, 0.1) is 12.8 Å². The molecule has 1 atom stereocenters. The maximum Gasteiger partial charge on any atom is 0.227 e. The fourth-order valence-electron chi connectivity index (χ4n) is 1.94. The maximum absolute atomic E-state index is 12.1. The second-order valence-corrected chi connectivity index (χ2v) is 5.55. The van der Waals surface area contributed by atoms with Crippen LogP contribution in [0.15, 0.2) is 22.7 Å². The number of nitrogens with one attached hydrogen (secondary N) is 1. The molecule has 1 N–H and O–H groups in total. The normalized spacial score (nSPS) is 12.2. The summed E-state index contributed by atoms with van der Waals surface area (Å²) in [6, 6.07) is 5.90. The van der Waals surface area contributed by atoms with Gasteiger partial charge < -0.3 is 5.32 Å². The van der Waals surface area contributed by atoms with Gasteiger partial charge in [-0.25, -0.2) is 0 Å². The number of unbranched alkanes of at least 4 members (excludes halogenated alkanes) is 1. The molecule has 1 rings (SSSR count). The zero-order chi connectivity index (χ0) is 13.5. The van der Waals surface area contributed by atoms with Crippen LogP contribution >= 0.6 is 15.9 Å². The van der Waals surface area contributed by atoms with Gasteiger partial charge >= 0.3 is 0 Å². The first-order chi connectivity index (χ1) is 8.58. The Hall–Kier alpha value is -0.830. The van der Waals surface area contributed by atoms with E-state index in [0.717, 1.165) is 41.4 Å². The largest absolute Gasteiger partial charge is 0.326 e. The van der Waals surface area contributed by atoms with Gasteiger partial charge in [-0.2, -0.15) is 0 Å². The van der Waals surface area contributed by atoms with Crippen LogP contribution < -0.4 is 5.32 Å². The second-order valence-electron chi connectivity index (χ2n) is 4.70. The molecule has 0 aliphatic heterocycles. The van der Waals surface area contributed by atoms with Crippen LogP contribution in [0.1, 0.15) is 45.1 Å². The zero-order valence-electron chi connectivity index (χ0n) is 11.4. The molecule has 2 nitrogen and oxygen atoms in total. The second kappa shape index (κ2) is 7.57. The van der Waals surface area contributed by atoms with Gasteiger partial charge in [0, 0.05) is 16.1 Å². The molecule has 100 valence electrons. The summed E-state index contributed by atoms with van der Waals surface area (Å²) >= 11 is 3.46. The SMILES string of the molecule is CCCCC(CC)C(=O)Nc1ccc(Br)c(C)c1. The number of aryl methyl sites for hydroxylation is 1. The fraction of sp³-hybridized carbons (Fsp3) is 0.533. The van der Waals surface area contributed by atoms with Crippen molar-refractivity contribution in [3.05, 3.63) is 28.2 Å². The van der Waals surface area contributed by atoms with E-state index in [9.17, 15) is 4.79 Å². The first-order valence-corrected chi connectivity index (χ1v) is 7.44. The topological polar surface area (TPSA) is 29.1 Å². The van der Waals surface area contributed by atoms with Crippen LogP contribution in [0.2, 0.25) is 0 Å². The minimum Gasteiger partial charge on any atom is -0.326 e. The number of anilines is 1. The number of carbonyl (C=O) groups is 1. The molecule has 0 saturated carbocycles. The zero-order valence-corrected chi connectivity index (χ0v) is 13.0. The standard InChI is InChI=1S/C15H22BrNO/c1-4-6-7-12(5-2)15(18)17-13-8-9-14(16)11(3)10-13/h8-10,12H,4-7H2,1-3H3,(H,17,18). The molecule has 0 aliphatic carbocycles. The Morgan fingerprint density at radius 3 is 2.67 bits per heavy atom. The van der Waals surface area contributed by atoms with Crippen LogP contribution in [0.4, 0.5) is 5.69 Å². The van der Waals surface area contributed by atoms with Crippen molar-refractivity contribution in [1.82, 2.24) is 0 Å². The number of hydrogen-bond acceptors (Lipinski definition) is 1. The van der Waals surface area contributed by atoms with E-state index >= 15 is 0 Å². The number of rotatable bonds is 6. The highest BCUT2D eigenvalue weighted by atomic mass is 79.9. The van der Waals surface area contributed by atoms with Crippen molar-refractivity contribution in [1.29, 1.82) is 0 Å². The molecule has 1 aromatic rings. The van der Waals surface area contributed by atoms with Crippen LogP contribution in [-0.2, 0) is 4.79 Å². The van der Waals surface area contributed by atoms with E-state index in [-0.39, 0.29) is 11.8 Å². The van der Waals surface area contributed by atoms with Gasteiger partial charge in [-0.1, -0.05) is 42.6 Å². The van der Waals surface area contributed by atoms with Crippen LogP contribution in [-0.4, -0.2) is 5.91 Å². The van der Waals surface area contributed by atoms with Gasteiger partial charge in [0.25, 0.3) is 0 Å². The highest BCUT2D eigenvalue weighted by molar-refractivity contribution is 9.10. The first-order valence-electron chi connectivity index (χ1n) is 6.65. The van der Waals surface area contributed by atoms with Crippen LogP contribution in [0.25, 0.3) is 0 Å². The van der Waals surface area contributed by atoms with Gasteiger partial charge in [-0.05, 0) is 43.5 Å². The molecule has 0 saturated heterocycles. The van der Waals surface area contributed by atoms with Gasteiger partial charge in [0.2, 0.25) is 5.91 Å². The molecule has 0 aliphatic rings. The van der Waals surface area contributed by atoms with Crippen molar-refractivity contribution in [2.24, 2.45) is 5.92 Å². The molecule has 3 heteroatoms. The van der Waals surface area contributed by atoms with E-state index in [1.807, 2.05) is 25.1 Å². The van der Waals surface area contributed by atoms with Crippen LogP contribution in [0.3, 0.4) is 0 Å². The van der Waals surface area contributed by atoms with Crippen LogP contribution in [0.5, 0.6) is 0 Å². The Morgan fingerprint density at radius 2 is 2.11 bits per heavy atom. The minimum atomic E-state index is 0.133. The Balaban J connectivity index is 2.64. The number of carbonyl (C=O) groups excluding carboxylic acids is 1. The molecule has 1 aromatic carbocycles. The maximum atomic E-state index is 12.1. The summed E-state index contributed by atoms with van der Waals surface area (Å²) in [6.45, 7) is 6.25. The molecule has 0 bridgehead atoms. The quantitative estimate of drug-likeness (QED) is 0.794. The predicted octanol–water partition coefficient (Wildman–Crippen LogP) is 4.91. The smallest absolute Gasteiger partial charge is 0.227 e. The number of benzene rings is 1. The van der Waals surface area contributed by atoms with E-state index in [4.69, 9.17) is 0 Å². The lowest BCUT2D eigenvalue weighted by molar-refractivity contribution is -0.120. The van der Waals surface area contributed by atoms with E-state index in [0.29, 0.717) is 0 Å². The minimum absolute atomic E-state index is 0.133. The Morgan fingerprint density at radius 1 is 1.39 bits per heavy atom. The summed E-state index contributed by atoms with van der Waals surface area (Å²) in [6.07, 6.45) is 4.14. The molecule has 0 fully saturated rings. The van der Waals surface area contributed by atoms with E-state index in [1.54, 1.807) is 0 Å². The molecule has 0 heterocycles. The molecule has 0 radical (unpaired) electrons. The lowest BCUT2D eigenvalue weighted by Gasteiger charge is -2.15. The lowest BCUT2D eigenvalue weighted by atomic mass is 9.98. The highest BCUT2D eigenvalue weighted by Crippen LogP contribution is 2.21.